The highest BCUT2D eigenvalue weighted by Gasteiger charge is 2.39. The van der Waals surface area contributed by atoms with Gasteiger partial charge < -0.3 is 14.1 Å². The maximum absolute atomic E-state index is 14.0. The highest BCUT2D eigenvalue weighted by atomic mass is 28.4. The number of carbonyl (C=O) groups is 3. The number of Topliss-reactive ketones (excluding diaryl/α,β-unsaturated/α-hetero) is 1. The molecule has 248 valence electrons. The maximum Gasteiger partial charge on any atom is 0.313 e. The number of benzene rings is 2. The number of methoxy groups -OCH3 is 1. The standard InChI is InChI=1S/C36H48FN3O5Si/c1-24(2)33-31(20-19-30(21-29(41)22-32(42)44-8)45-46(9,10)36(4,5)6)40(28-17-15-27(37)16-18-28)38-34(33)35(43)39(7)23-26-14-12-11-13-25(26)3/h11-20,24,30H,21-23H2,1-10H3/t30-/m1/s1. The number of hydrogen-bond acceptors (Lipinski definition) is 6. The Kier molecular flexibility index (Phi) is 12.0. The van der Waals surface area contributed by atoms with Crippen LogP contribution in [0.5, 0.6) is 0 Å². The molecule has 0 radical (unpaired) electrons. The monoisotopic (exact) mass is 649 g/mol. The molecular weight excluding hydrogens is 601 g/mol. The molecule has 0 fully saturated rings. The van der Waals surface area contributed by atoms with Crippen molar-refractivity contribution < 1.29 is 27.9 Å². The lowest BCUT2D eigenvalue weighted by Gasteiger charge is -2.38. The van der Waals surface area contributed by atoms with Crippen LogP contribution >= 0.6 is 0 Å². The molecule has 1 atom stereocenters. The molecule has 0 aliphatic heterocycles. The summed E-state index contributed by atoms with van der Waals surface area (Å²) in [4.78, 5) is 40.4. The van der Waals surface area contributed by atoms with Crippen molar-refractivity contribution in [3.05, 3.63) is 88.5 Å². The van der Waals surface area contributed by atoms with Gasteiger partial charge in [0, 0.05) is 25.6 Å². The SMILES string of the molecule is COC(=O)CC(=O)C[C@@H](C=Cc1c(C(C)C)c(C(=O)N(C)Cc2ccccc2C)nn1-c1ccc(F)cc1)O[Si](C)(C)C(C)(C)C. The quantitative estimate of drug-likeness (QED) is 0.107. The van der Waals surface area contributed by atoms with E-state index in [-0.39, 0.29) is 35.5 Å². The van der Waals surface area contributed by atoms with Crippen molar-refractivity contribution in [3.63, 3.8) is 0 Å². The second-order valence-electron chi connectivity index (χ2n) is 13.5. The van der Waals surface area contributed by atoms with Gasteiger partial charge in [-0.05, 0) is 72.4 Å². The molecule has 1 amide bonds. The van der Waals surface area contributed by atoms with Gasteiger partial charge in [0.15, 0.2) is 14.0 Å². The van der Waals surface area contributed by atoms with Crippen LogP contribution in [0, 0.1) is 12.7 Å². The Balaban J connectivity index is 2.14. The number of aromatic nitrogens is 2. The van der Waals surface area contributed by atoms with Gasteiger partial charge in [-0.2, -0.15) is 5.10 Å². The first-order valence-electron chi connectivity index (χ1n) is 15.6. The summed E-state index contributed by atoms with van der Waals surface area (Å²) >= 11 is 0. The van der Waals surface area contributed by atoms with Gasteiger partial charge in [0.25, 0.3) is 5.91 Å². The first-order valence-corrected chi connectivity index (χ1v) is 18.5. The minimum Gasteiger partial charge on any atom is -0.469 e. The zero-order valence-corrected chi connectivity index (χ0v) is 29.8. The minimum absolute atomic E-state index is 0.0231. The second-order valence-corrected chi connectivity index (χ2v) is 18.3. The molecule has 8 nitrogen and oxygen atoms in total. The van der Waals surface area contributed by atoms with Crippen LogP contribution in [0.4, 0.5) is 4.39 Å². The lowest BCUT2D eigenvalue weighted by Crippen LogP contribution is -2.44. The average molecular weight is 650 g/mol. The summed E-state index contributed by atoms with van der Waals surface area (Å²) in [7, 11) is 0.647. The molecular formula is C36H48FN3O5Si. The van der Waals surface area contributed by atoms with Crippen molar-refractivity contribution >= 4 is 32.1 Å². The Morgan fingerprint density at radius 1 is 1.07 bits per heavy atom. The van der Waals surface area contributed by atoms with Crippen LogP contribution in [0.2, 0.25) is 18.1 Å². The number of hydrogen-bond donors (Lipinski definition) is 0. The number of halogens is 1. The van der Waals surface area contributed by atoms with E-state index in [9.17, 15) is 18.8 Å². The van der Waals surface area contributed by atoms with Gasteiger partial charge in [0.2, 0.25) is 0 Å². The number of carbonyl (C=O) groups excluding carboxylic acids is 3. The molecule has 0 bridgehead atoms. The molecule has 0 aliphatic carbocycles. The number of aryl methyl sites for hydroxylation is 1. The number of esters is 1. The zero-order chi connectivity index (χ0) is 34.4. The van der Waals surface area contributed by atoms with Gasteiger partial charge >= 0.3 is 5.97 Å². The molecule has 3 aromatic rings. The summed E-state index contributed by atoms with van der Waals surface area (Å²) in [6.45, 7) is 16.9. The van der Waals surface area contributed by atoms with Gasteiger partial charge in [0.1, 0.15) is 18.0 Å². The van der Waals surface area contributed by atoms with Crippen LogP contribution in [-0.4, -0.2) is 60.9 Å². The van der Waals surface area contributed by atoms with Crippen LogP contribution in [-0.2, 0) is 25.3 Å². The number of nitrogens with zero attached hydrogens (tertiary/aromatic N) is 3. The van der Waals surface area contributed by atoms with E-state index in [1.807, 2.05) is 57.2 Å². The highest BCUT2D eigenvalue weighted by molar-refractivity contribution is 6.74. The molecule has 0 spiro atoms. The number of amides is 1. The molecule has 10 heteroatoms. The number of ether oxygens (including phenoxy) is 1. The summed E-state index contributed by atoms with van der Waals surface area (Å²) in [6.07, 6.45) is 2.62. The molecule has 0 N–H and O–H groups in total. The molecule has 0 saturated carbocycles. The van der Waals surface area contributed by atoms with Crippen LogP contribution in [0.1, 0.15) is 86.3 Å². The first kappa shape index (κ1) is 36.6. The fourth-order valence-electron chi connectivity index (χ4n) is 4.84. The molecule has 1 heterocycles. The predicted molar refractivity (Wildman–Crippen MR) is 182 cm³/mol. The van der Waals surface area contributed by atoms with Crippen molar-refractivity contribution in [3.8, 4) is 5.69 Å². The summed E-state index contributed by atoms with van der Waals surface area (Å²) in [5.41, 5.74) is 4.32. The van der Waals surface area contributed by atoms with Crippen molar-refractivity contribution in [2.45, 2.75) is 91.1 Å². The number of rotatable bonds is 13. The molecule has 2 aromatic carbocycles. The fourth-order valence-corrected chi connectivity index (χ4v) is 6.11. The van der Waals surface area contributed by atoms with Gasteiger partial charge in [0.05, 0.1) is 24.6 Å². The molecule has 3 rings (SSSR count). The molecule has 46 heavy (non-hydrogen) atoms. The Bertz CT molecular complexity index is 1570. The Labute approximate surface area is 273 Å². The fraction of sp³-hybridized carbons (Fsp3) is 0.444. The van der Waals surface area contributed by atoms with Crippen LogP contribution in [0.25, 0.3) is 11.8 Å². The van der Waals surface area contributed by atoms with E-state index in [0.717, 1.165) is 11.1 Å². The van der Waals surface area contributed by atoms with Crippen LogP contribution in [0.15, 0.2) is 54.6 Å². The van der Waals surface area contributed by atoms with E-state index >= 15 is 0 Å². The molecule has 1 aromatic heterocycles. The maximum atomic E-state index is 14.0. The Hall–Kier alpha value is -3.89. The molecule has 0 saturated heterocycles. The summed E-state index contributed by atoms with van der Waals surface area (Å²) in [6, 6.07) is 13.8. The smallest absolute Gasteiger partial charge is 0.313 e. The third kappa shape index (κ3) is 9.10. The predicted octanol–water partition coefficient (Wildman–Crippen LogP) is 7.64. The summed E-state index contributed by atoms with van der Waals surface area (Å²) < 4.78 is 27.0. The third-order valence-electron chi connectivity index (χ3n) is 8.54. The largest absolute Gasteiger partial charge is 0.469 e. The average Bonchev–Trinajstić information content (AvgIpc) is 3.35. The van der Waals surface area contributed by atoms with E-state index in [1.54, 1.807) is 28.8 Å². The van der Waals surface area contributed by atoms with Crippen molar-refractivity contribution in [2.75, 3.05) is 14.2 Å². The molecule has 0 unspecified atom stereocenters. The topological polar surface area (TPSA) is 90.7 Å². The lowest BCUT2D eigenvalue weighted by molar-refractivity contribution is -0.143. The first-order chi connectivity index (χ1) is 21.4. The van der Waals surface area contributed by atoms with Crippen molar-refractivity contribution in [2.24, 2.45) is 0 Å². The molecule has 0 aliphatic rings. The van der Waals surface area contributed by atoms with Crippen LogP contribution < -0.4 is 0 Å². The van der Waals surface area contributed by atoms with Crippen LogP contribution in [0.3, 0.4) is 0 Å². The summed E-state index contributed by atoms with van der Waals surface area (Å²) in [5.74, 6) is -1.65. The van der Waals surface area contributed by atoms with E-state index in [0.29, 0.717) is 29.2 Å². The zero-order valence-electron chi connectivity index (χ0n) is 28.8. The highest BCUT2D eigenvalue weighted by Crippen LogP contribution is 2.38. The summed E-state index contributed by atoms with van der Waals surface area (Å²) in [5, 5.41) is 4.68. The Morgan fingerprint density at radius 3 is 2.26 bits per heavy atom. The lowest BCUT2D eigenvalue weighted by atomic mass is 9.98. The Morgan fingerprint density at radius 2 is 1.70 bits per heavy atom. The van der Waals surface area contributed by atoms with E-state index < -0.39 is 26.2 Å². The van der Waals surface area contributed by atoms with E-state index in [4.69, 9.17) is 14.3 Å². The van der Waals surface area contributed by atoms with Gasteiger partial charge in [-0.15, -0.1) is 0 Å². The van der Waals surface area contributed by atoms with E-state index in [1.165, 1.54) is 19.2 Å². The normalized spacial score (nSPS) is 12.9. The van der Waals surface area contributed by atoms with Gasteiger partial charge in [-0.3, -0.25) is 14.4 Å². The van der Waals surface area contributed by atoms with Crippen molar-refractivity contribution in [1.82, 2.24) is 14.7 Å². The second kappa shape index (κ2) is 15.1. The van der Waals surface area contributed by atoms with Crippen molar-refractivity contribution in [1.29, 1.82) is 0 Å². The minimum atomic E-state index is -2.35. The number of ketones is 1. The van der Waals surface area contributed by atoms with E-state index in [2.05, 4.69) is 33.9 Å². The third-order valence-corrected chi connectivity index (χ3v) is 13.0. The van der Waals surface area contributed by atoms with Gasteiger partial charge in [-0.25, -0.2) is 9.07 Å². The van der Waals surface area contributed by atoms with Gasteiger partial charge in [-0.1, -0.05) is 65.0 Å².